The molecule has 0 aliphatic carbocycles. The fourth-order valence-corrected chi connectivity index (χ4v) is 4.96. The maximum atomic E-state index is 12.8. The molecule has 0 aliphatic heterocycles. The van der Waals surface area contributed by atoms with Gasteiger partial charge in [0.05, 0.1) is 19.1 Å². The van der Waals surface area contributed by atoms with Crippen molar-refractivity contribution in [2.24, 2.45) is 0 Å². The van der Waals surface area contributed by atoms with Gasteiger partial charge in [0.2, 0.25) is 15.9 Å². The average Bonchev–Trinajstić information content (AvgIpc) is 2.71. The lowest BCUT2D eigenvalue weighted by atomic mass is 10.2. The molecule has 2 aromatic carbocycles. The minimum absolute atomic E-state index is 0.305. The van der Waals surface area contributed by atoms with E-state index < -0.39 is 16.1 Å². The van der Waals surface area contributed by atoms with Crippen LogP contribution in [0.5, 0.6) is 5.75 Å². The molecule has 1 N–H and O–H groups in total. The van der Waals surface area contributed by atoms with Gasteiger partial charge in [-0.2, -0.15) is 11.8 Å². The summed E-state index contributed by atoms with van der Waals surface area (Å²) in [5.41, 5.74) is 1.64. The van der Waals surface area contributed by atoms with Gasteiger partial charge >= 0.3 is 0 Å². The number of carbonyl (C=O) groups is 1. The number of benzene rings is 2. The van der Waals surface area contributed by atoms with Gasteiger partial charge in [0.25, 0.3) is 0 Å². The zero-order valence-electron chi connectivity index (χ0n) is 17.0. The van der Waals surface area contributed by atoms with E-state index in [9.17, 15) is 13.2 Å². The second-order valence-corrected chi connectivity index (χ2v) is 9.48. The first-order chi connectivity index (χ1) is 13.9. The highest BCUT2D eigenvalue weighted by molar-refractivity contribution is 7.98. The number of sulfonamides is 1. The number of rotatable bonds is 11. The van der Waals surface area contributed by atoms with Crippen LogP contribution in [0, 0.1) is 0 Å². The summed E-state index contributed by atoms with van der Waals surface area (Å²) >= 11 is 1.72. The second-order valence-electron chi connectivity index (χ2n) is 6.51. The molecule has 6 nitrogen and oxygen atoms in total. The van der Waals surface area contributed by atoms with Crippen LogP contribution >= 0.6 is 11.8 Å². The zero-order chi connectivity index (χ0) is 21.3. The molecule has 158 valence electrons. The predicted octanol–water partition coefficient (Wildman–Crippen LogP) is 3.29. The number of anilines is 1. The molecule has 1 unspecified atom stereocenters. The van der Waals surface area contributed by atoms with Gasteiger partial charge in [0.15, 0.2) is 0 Å². The van der Waals surface area contributed by atoms with Crippen molar-refractivity contribution in [1.29, 1.82) is 0 Å². The molecule has 0 bridgehead atoms. The van der Waals surface area contributed by atoms with Crippen molar-refractivity contribution in [2.75, 3.05) is 30.0 Å². The first kappa shape index (κ1) is 23.1. The number of thioether (sulfide) groups is 1. The fraction of sp³-hybridized carbons (Fsp3) is 0.381. The number of hydrogen-bond acceptors (Lipinski definition) is 5. The van der Waals surface area contributed by atoms with Gasteiger partial charge in [-0.3, -0.25) is 9.10 Å². The average molecular weight is 437 g/mol. The van der Waals surface area contributed by atoms with Gasteiger partial charge in [-0.05, 0) is 24.1 Å². The van der Waals surface area contributed by atoms with E-state index in [1.165, 1.54) is 17.0 Å². The van der Waals surface area contributed by atoms with Crippen molar-refractivity contribution >= 4 is 33.4 Å². The monoisotopic (exact) mass is 436 g/mol. The van der Waals surface area contributed by atoms with Crippen molar-refractivity contribution in [3.8, 4) is 5.75 Å². The molecule has 0 saturated carbocycles. The topological polar surface area (TPSA) is 75.7 Å². The Morgan fingerprint density at radius 2 is 1.90 bits per heavy atom. The van der Waals surface area contributed by atoms with Crippen LogP contribution in [0.15, 0.2) is 54.6 Å². The molecule has 0 saturated heterocycles. The minimum Gasteiger partial charge on any atom is -0.497 e. The van der Waals surface area contributed by atoms with Crippen molar-refractivity contribution in [2.45, 2.75) is 25.1 Å². The highest BCUT2D eigenvalue weighted by Gasteiger charge is 2.31. The number of hydrogen-bond donors (Lipinski definition) is 1. The molecular formula is C21H28N2O4S2. The van der Waals surface area contributed by atoms with Crippen LogP contribution in [0.25, 0.3) is 0 Å². The van der Waals surface area contributed by atoms with Gasteiger partial charge < -0.3 is 10.1 Å². The number of carbonyl (C=O) groups excluding carboxylic acids is 1. The van der Waals surface area contributed by atoms with E-state index in [0.29, 0.717) is 24.4 Å². The largest absolute Gasteiger partial charge is 0.497 e. The summed E-state index contributed by atoms with van der Waals surface area (Å²) in [6.07, 6.45) is 1.46. The Labute approximate surface area is 177 Å². The lowest BCUT2D eigenvalue weighted by Crippen LogP contribution is -2.49. The summed E-state index contributed by atoms with van der Waals surface area (Å²) in [5, 5.41) is 2.87. The molecule has 1 atom stereocenters. The number of ether oxygens (including phenoxy) is 1. The lowest BCUT2D eigenvalue weighted by molar-refractivity contribution is -0.122. The fourth-order valence-electron chi connectivity index (χ4n) is 2.94. The van der Waals surface area contributed by atoms with E-state index in [2.05, 4.69) is 17.4 Å². The number of amides is 1. The van der Waals surface area contributed by atoms with Gasteiger partial charge in [-0.25, -0.2) is 8.42 Å². The first-order valence-electron chi connectivity index (χ1n) is 9.39. The smallest absolute Gasteiger partial charge is 0.243 e. The van der Waals surface area contributed by atoms with Gasteiger partial charge in [0, 0.05) is 24.1 Å². The van der Waals surface area contributed by atoms with Crippen LogP contribution in [0.3, 0.4) is 0 Å². The molecule has 0 aromatic heterocycles. The van der Waals surface area contributed by atoms with Crippen LogP contribution in [0.2, 0.25) is 0 Å². The molecule has 0 radical (unpaired) electrons. The molecule has 0 spiro atoms. The maximum absolute atomic E-state index is 12.8. The predicted molar refractivity (Wildman–Crippen MR) is 120 cm³/mol. The summed E-state index contributed by atoms with van der Waals surface area (Å²) in [4.78, 5) is 12.8. The van der Waals surface area contributed by atoms with Crippen molar-refractivity contribution in [1.82, 2.24) is 5.32 Å². The molecule has 8 heteroatoms. The third kappa shape index (κ3) is 6.97. The normalized spacial score (nSPS) is 12.2. The van der Waals surface area contributed by atoms with E-state index in [1.807, 2.05) is 18.2 Å². The van der Waals surface area contributed by atoms with E-state index in [-0.39, 0.29) is 5.91 Å². The summed E-state index contributed by atoms with van der Waals surface area (Å²) in [5.74, 6) is 1.84. The SMILES string of the molecule is CCC(C(=O)NCCSCc1ccccc1)N(c1cccc(OC)c1)S(C)(=O)=O. The summed E-state index contributed by atoms with van der Waals surface area (Å²) < 4.78 is 31.3. The van der Waals surface area contributed by atoms with Crippen molar-refractivity contribution in [3.63, 3.8) is 0 Å². The van der Waals surface area contributed by atoms with Crippen LogP contribution in [-0.2, 0) is 20.6 Å². The Bertz CT molecular complexity index is 889. The zero-order valence-corrected chi connectivity index (χ0v) is 18.6. The summed E-state index contributed by atoms with van der Waals surface area (Å²) in [7, 11) is -2.14. The van der Waals surface area contributed by atoms with Crippen LogP contribution in [0.1, 0.15) is 18.9 Å². The molecule has 0 fully saturated rings. The summed E-state index contributed by atoms with van der Waals surface area (Å²) in [6.45, 7) is 2.27. The van der Waals surface area contributed by atoms with Gasteiger partial charge in [0.1, 0.15) is 11.8 Å². The van der Waals surface area contributed by atoms with E-state index in [4.69, 9.17) is 4.74 Å². The Balaban J connectivity index is 2.00. The Hall–Kier alpha value is -2.19. The Morgan fingerprint density at radius 1 is 1.17 bits per heavy atom. The highest BCUT2D eigenvalue weighted by Crippen LogP contribution is 2.26. The maximum Gasteiger partial charge on any atom is 0.243 e. The molecule has 1 amide bonds. The lowest BCUT2D eigenvalue weighted by Gasteiger charge is -2.30. The number of methoxy groups -OCH3 is 1. The Kier molecular flexibility index (Phi) is 8.85. The van der Waals surface area contributed by atoms with Crippen LogP contribution in [0.4, 0.5) is 5.69 Å². The number of nitrogens with zero attached hydrogens (tertiary/aromatic N) is 1. The van der Waals surface area contributed by atoms with E-state index in [0.717, 1.165) is 17.8 Å². The molecular weight excluding hydrogens is 408 g/mol. The number of nitrogens with one attached hydrogen (secondary N) is 1. The summed E-state index contributed by atoms with van der Waals surface area (Å²) in [6, 6.07) is 16.0. The highest BCUT2D eigenvalue weighted by atomic mass is 32.2. The third-order valence-electron chi connectivity index (χ3n) is 4.29. The molecule has 29 heavy (non-hydrogen) atoms. The third-order valence-corrected chi connectivity index (χ3v) is 6.50. The van der Waals surface area contributed by atoms with Crippen molar-refractivity contribution < 1.29 is 17.9 Å². The van der Waals surface area contributed by atoms with Crippen LogP contribution in [-0.4, -0.2) is 46.0 Å². The quantitative estimate of drug-likeness (QED) is 0.547. The molecule has 2 aromatic rings. The standard InChI is InChI=1S/C21H28N2O4S2/c1-4-20(21(24)22-13-14-28-16-17-9-6-5-7-10-17)23(29(3,25)26)18-11-8-12-19(15-18)27-2/h5-12,15,20H,4,13-14,16H2,1-3H3,(H,22,24). The van der Waals surface area contributed by atoms with E-state index in [1.54, 1.807) is 43.0 Å². The molecule has 0 heterocycles. The van der Waals surface area contributed by atoms with Gasteiger partial charge in [-0.1, -0.05) is 43.3 Å². The Morgan fingerprint density at radius 3 is 2.52 bits per heavy atom. The molecule has 0 aliphatic rings. The van der Waals surface area contributed by atoms with Crippen molar-refractivity contribution in [3.05, 3.63) is 60.2 Å². The first-order valence-corrected chi connectivity index (χ1v) is 12.4. The second kappa shape index (κ2) is 11.1. The molecule has 2 rings (SSSR count). The van der Waals surface area contributed by atoms with Gasteiger partial charge in [-0.15, -0.1) is 0 Å². The van der Waals surface area contributed by atoms with Crippen LogP contribution < -0.4 is 14.4 Å². The minimum atomic E-state index is -3.66. The van der Waals surface area contributed by atoms with E-state index >= 15 is 0 Å².